The highest BCUT2D eigenvalue weighted by Gasteiger charge is 2.20. The van der Waals surface area contributed by atoms with Crippen LogP contribution in [0.3, 0.4) is 0 Å². The summed E-state index contributed by atoms with van der Waals surface area (Å²) in [5.41, 5.74) is 0.481. The summed E-state index contributed by atoms with van der Waals surface area (Å²) >= 11 is 0. The largest absolute Gasteiger partial charge is 0.378 e. The Morgan fingerprint density at radius 3 is 2.76 bits per heavy atom. The molecule has 0 unspecified atom stereocenters. The van der Waals surface area contributed by atoms with Gasteiger partial charge in [-0.15, -0.1) is 0 Å². The van der Waals surface area contributed by atoms with E-state index in [-0.39, 0.29) is 18.1 Å². The van der Waals surface area contributed by atoms with Crippen LogP contribution < -0.4 is 0 Å². The molecule has 1 saturated heterocycles. The van der Waals surface area contributed by atoms with Crippen LogP contribution in [0, 0.1) is 0 Å². The first-order valence-corrected chi connectivity index (χ1v) is 5.56. The lowest BCUT2D eigenvalue weighted by Gasteiger charge is -2.26. The van der Waals surface area contributed by atoms with E-state index in [2.05, 4.69) is 4.98 Å². The van der Waals surface area contributed by atoms with Gasteiger partial charge in [0.1, 0.15) is 0 Å². The molecule has 0 spiro atoms. The van der Waals surface area contributed by atoms with Crippen molar-refractivity contribution in [3.05, 3.63) is 30.1 Å². The molecule has 2 rings (SSSR count). The summed E-state index contributed by atoms with van der Waals surface area (Å²) in [4.78, 5) is 29.1. The number of hydrogen-bond acceptors (Lipinski definition) is 4. The van der Waals surface area contributed by atoms with E-state index >= 15 is 0 Å². The molecule has 1 aliphatic heterocycles. The maximum atomic E-state index is 11.8. The molecule has 17 heavy (non-hydrogen) atoms. The average molecular weight is 234 g/mol. The number of amides is 1. The Hall–Kier alpha value is -1.75. The van der Waals surface area contributed by atoms with E-state index in [4.69, 9.17) is 4.74 Å². The molecule has 0 aliphatic carbocycles. The van der Waals surface area contributed by atoms with Crippen LogP contribution >= 0.6 is 0 Å². The number of ketones is 1. The molecule has 1 aromatic heterocycles. The highest BCUT2D eigenvalue weighted by molar-refractivity contribution is 6.07. The maximum absolute atomic E-state index is 11.8. The van der Waals surface area contributed by atoms with E-state index in [1.54, 1.807) is 23.2 Å². The minimum atomic E-state index is -0.186. The van der Waals surface area contributed by atoms with Gasteiger partial charge in [-0.25, -0.2) is 0 Å². The molecule has 1 aliphatic rings. The first kappa shape index (κ1) is 11.7. The van der Waals surface area contributed by atoms with E-state index in [1.807, 2.05) is 0 Å². The zero-order valence-corrected chi connectivity index (χ0v) is 9.46. The van der Waals surface area contributed by atoms with Gasteiger partial charge in [0.2, 0.25) is 5.91 Å². The van der Waals surface area contributed by atoms with Crippen molar-refractivity contribution in [2.24, 2.45) is 0 Å². The van der Waals surface area contributed by atoms with Crippen LogP contribution in [-0.2, 0) is 9.53 Å². The lowest BCUT2D eigenvalue weighted by Crippen LogP contribution is -2.41. The minimum absolute atomic E-state index is 0.0916. The highest BCUT2D eigenvalue weighted by Crippen LogP contribution is 2.05. The summed E-state index contributed by atoms with van der Waals surface area (Å²) < 4.78 is 5.15. The molecule has 0 saturated carbocycles. The lowest BCUT2D eigenvalue weighted by molar-refractivity contribution is -0.134. The number of Topliss-reactive ketones (excluding diaryl/α,β-unsaturated/α-hetero) is 1. The quantitative estimate of drug-likeness (QED) is 0.565. The van der Waals surface area contributed by atoms with Crippen molar-refractivity contribution in [2.75, 3.05) is 26.3 Å². The number of carbonyl (C=O) groups excluding carboxylic acids is 2. The van der Waals surface area contributed by atoms with Gasteiger partial charge in [0.05, 0.1) is 19.6 Å². The van der Waals surface area contributed by atoms with E-state index in [0.717, 1.165) is 0 Å². The van der Waals surface area contributed by atoms with E-state index in [1.165, 1.54) is 6.20 Å². The van der Waals surface area contributed by atoms with Crippen LogP contribution in [-0.4, -0.2) is 47.9 Å². The normalized spacial score (nSPS) is 15.6. The van der Waals surface area contributed by atoms with Gasteiger partial charge in [-0.1, -0.05) is 0 Å². The third-order valence-electron chi connectivity index (χ3n) is 2.66. The molecule has 0 N–H and O–H groups in total. The van der Waals surface area contributed by atoms with Crippen LogP contribution in [0.4, 0.5) is 0 Å². The molecule has 0 bridgehead atoms. The zero-order valence-electron chi connectivity index (χ0n) is 9.46. The molecule has 0 aromatic carbocycles. The summed E-state index contributed by atoms with van der Waals surface area (Å²) in [5.74, 6) is -0.322. The number of nitrogens with zero attached hydrogens (tertiary/aromatic N) is 2. The van der Waals surface area contributed by atoms with Gasteiger partial charge in [-0.2, -0.15) is 0 Å². The molecule has 5 nitrogen and oxygen atoms in total. The van der Waals surface area contributed by atoms with Crippen molar-refractivity contribution < 1.29 is 14.3 Å². The van der Waals surface area contributed by atoms with Crippen molar-refractivity contribution in [1.82, 2.24) is 9.88 Å². The average Bonchev–Trinajstić information content (AvgIpc) is 2.40. The molecule has 90 valence electrons. The second-order valence-electron chi connectivity index (χ2n) is 3.83. The van der Waals surface area contributed by atoms with E-state index in [0.29, 0.717) is 31.9 Å². The molecule has 1 amide bonds. The first-order valence-electron chi connectivity index (χ1n) is 5.56. The summed E-state index contributed by atoms with van der Waals surface area (Å²) in [7, 11) is 0. The van der Waals surface area contributed by atoms with Gasteiger partial charge in [0, 0.05) is 31.0 Å². The Kier molecular flexibility index (Phi) is 3.82. The SMILES string of the molecule is O=C(CC(=O)N1CCOCC1)c1cccnc1. The molecule has 0 radical (unpaired) electrons. The number of ether oxygens (including phenoxy) is 1. The second-order valence-corrected chi connectivity index (χ2v) is 3.83. The molecule has 2 heterocycles. The van der Waals surface area contributed by atoms with Crippen LogP contribution in [0.1, 0.15) is 16.8 Å². The van der Waals surface area contributed by atoms with Crippen LogP contribution in [0.15, 0.2) is 24.5 Å². The predicted molar refractivity (Wildman–Crippen MR) is 60.6 cm³/mol. The number of hydrogen-bond donors (Lipinski definition) is 0. The minimum Gasteiger partial charge on any atom is -0.378 e. The van der Waals surface area contributed by atoms with Gasteiger partial charge < -0.3 is 9.64 Å². The van der Waals surface area contributed by atoms with Crippen molar-refractivity contribution >= 4 is 11.7 Å². The molecular formula is C12H14N2O3. The molecule has 5 heteroatoms. The Labute approximate surface area is 99.4 Å². The van der Waals surface area contributed by atoms with Gasteiger partial charge in [-0.3, -0.25) is 14.6 Å². The van der Waals surface area contributed by atoms with E-state index in [9.17, 15) is 9.59 Å². The molecule has 1 aromatic rings. The fourth-order valence-electron chi connectivity index (χ4n) is 1.69. The number of pyridine rings is 1. The Morgan fingerprint density at radius 2 is 2.12 bits per heavy atom. The molecule has 1 fully saturated rings. The Morgan fingerprint density at radius 1 is 1.35 bits per heavy atom. The van der Waals surface area contributed by atoms with Gasteiger partial charge >= 0.3 is 0 Å². The third-order valence-corrected chi connectivity index (χ3v) is 2.66. The highest BCUT2D eigenvalue weighted by atomic mass is 16.5. The number of carbonyl (C=O) groups is 2. The van der Waals surface area contributed by atoms with E-state index < -0.39 is 0 Å². The Bertz CT molecular complexity index is 399. The lowest BCUT2D eigenvalue weighted by atomic mass is 10.1. The van der Waals surface area contributed by atoms with Crippen LogP contribution in [0.2, 0.25) is 0 Å². The first-order chi connectivity index (χ1) is 8.27. The fraction of sp³-hybridized carbons (Fsp3) is 0.417. The summed E-state index contributed by atoms with van der Waals surface area (Å²) in [6.07, 6.45) is 2.99. The molecular weight excluding hydrogens is 220 g/mol. The van der Waals surface area contributed by atoms with Crippen molar-refractivity contribution in [3.63, 3.8) is 0 Å². The zero-order chi connectivity index (χ0) is 12.1. The fourth-order valence-corrected chi connectivity index (χ4v) is 1.69. The third kappa shape index (κ3) is 3.10. The van der Waals surface area contributed by atoms with Gasteiger partial charge in [0.25, 0.3) is 0 Å². The topological polar surface area (TPSA) is 59.5 Å². The second kappa shape index (κ2) is 5.54. The maximum Gasteiger partial charge on any atom is 0.230 e. The smallest absolute Gasteiger partial charge is 0.230 e. The number of aromatic nitrogens is 1. The summed E-state index contributed by atoms with van der Waals surface area (Å²) in [5, 5.41) is 0. The van der Waals surface area contributed by atoms with Crippen LogP contribution in [0.25, 0.3) is 0 Å². The number of morpholine rings is 1. The van der Waals surface area contributed by atoms with Crippen molar-refractivity contribution in [2.45, 2.75) is 6.42 Å². The predicted octanol–water partition coefficient (Wildman–Crippen LogP) is 0.513. The Balaban J connectivity index is 1.92. The van der Waals surface area contributed by atoms with Crippen LogP contribution in [0.5, 0.6) is 0 Å². The summed E-state index contributed by atoms with van der Waals surface area (Å²) in [6.45, 7) is 2.23. The summed E-state index contributed by atoms with van der Waals surface area (Å²) in [6, 6.07) is 3.36. The van der Waals surface area contributed by atoms with Gasteiger partial charge in [-0.05, 0) is 12.1 Å². The molecule has 0 atom stereocenters. The van der Waals surface area contributed by atoms with Gasteiger partial charge in [0.15, 0.2) is 5.78 Å². The van der Waals surface area contributed by atoms with Crippen molar-refractivity contribution in [3.8, 4) is 0 Å². The number of rotatable bonds is 3. The van der Waals surface area contributed by atoms with Crippen molar-refractivity contribution in [1.29, 1.82) is 0 Å². The monoisotopic (exact) mass is 234 g/mol. The standard InChI is InChI=1S/C12H14N2O3/c15-11(10-2-1-3-13-9-10)8-12(16)14-4-6-17-7-5-14/h1-3,9H,4-8H2.